The number of hydrogen-bond acceptors (Lipinski definition) is 4. The fraction of sp³-hybridized carbons (Fsp3) is 0.708. The highest BCUT2D eigenvalue weighted by Gasteiger charge is 2.13. The molecule has 1 rings (SSSR count). The highest BCUT2D eigenvalue weighted by Crippen LogP contribution is 2.15. The number of unbranched alkanes of at least 4 members (excludes halogenated alkanes) is 13. The SMILES string of the molecule is CCCCCCCCCCCCCCCCOc1ccc(C(=O)C(O)O)cc1. The third kappa shape index (κ3) is 12.1. The van der Waals surface area contributed by atoms with Crippen molar-refractivity contribution in [2.24, 2.45) is 0 Å². The molecule has 0 saturated heterocycles. The van der Waals surface area contributed by atoms with Gasteiger partial charge in [-0.05, 0) is 30.7 Å². The first kappa shape index (κ1) is 24.6. The van der Waals surface area contributed by atoms with Gasteiger partial charge in [-0.3, -0.25) is 4.79 Å². The van der Waals surface area contributed by atoms with E-state index < -0.39 is 12.1 Å². The summed E-state index contributed by atoms with van der Waals surface area (Å²) in [5, 5.41) is 17.7. The van der Waals surface area contributed by atoms with Crippen molar-refractivity contribution < 1.29 is 19.7 Å². The molecule has 4 nitrogen and oxygen atoms in total. The van der Waals surface area contributed by atoms with E-state index in [0.29, 0.717) is 12.4 Å². The van der Waals surface area contributed by atoms with Gasteiger partial charge < -0.3 is 14.9 Å². The number of benzene rings is 1. The van der Waals surface area contributed by atoms with E-state index in [-0.39, 0.29) is 5.56 Å². The van der Waals surface area contributed by atoms with Gasteiger partial charge in [-0.15, -0.1) is 0 Å². The van der Waals surface area contributed by atoms with Gasteiger partial charge in [0.2, 0.25) is 12.1 Å². The summed E-state index contributed by atoms with van der Waals surface area (Å²) >= 11 is 0. The first-order valence-electron chi connectivity index (χ1n) is 11.3. The molecule has 0 aliphatic carbocycles. The van der Waals surface area contributed by atoms with Crippen LogP contribution in [0.3, 0.4) is 0 Å². The van der Waals surface area contributed by atoms with E-state index in [4.69, 9.17) is 14.9 Å². The van der Waals surface area contributed by atoms with E-state index in [1.54, 1.807) is 24.3 Å². The minimum absolute atomic E-state index is 0.277. The van der Waals surface area contributed by atoms with Crippen LogP contribution < -0.4 is 4.74 Å². The molecule has 0 aliphatic heterocycles. The van der Waals surface area contributed by atoms with Crippen molar-refractivity contribution in [1.29, 1.82) is 0 Å². The number of carbonyl (C=O) groups excluding carboxylic acids is 1. The number of aliphatic hydroxyl groups is 2. The Hall–Kier alpha value is -1.39. The summed E-state index contributed by atoms with van der Waals surface area (Å²) in [5.74, 6) is 0.0113. The van der Waals surface area contributed by atoms with Crippen molar-refractivity contribution in [2.45, 2.75) is 103 Å². The van der Waals surface area contributed by atoms with E-state index in [1.165, 1.54) is 83.5 Å². The van der Waals surface area contributed by atoms with E-state index in [2.05, 4.69) is 6.92 Å². The van der Waals surface area contributed by atoms with Crippen LogP contribution >= 0.6 is 0 Å². The van der Waals surface area contributed by atoms with Gasteiger partial charge in [0.25, 0.3) is 0 Å². The lowest BCUT2D eigenvalue weighted by molar-refractivity contribution is -0.0195. The Balaban J connectivity index is 1.89. The van der Waals surface area contributed by atoms with Gasteiger partial charge in [-0.2, -0.15) is 0 Å². The minimum Gasteiger partial charge on any atom is -0.494 e. The Labute approximate surface area is 171 Å². The Morgan fingerprint density at radius 1 is 0.750 bits per heavy atom. The van der Waals surface area contributed by atoms with Crippen LogP contribution in [-0.2, 0) is 0 Å². The van der Waals surface area contributed by atoms with Gasteiger partial charge in [0.05, 0.1) is 6.61 Å². The third-order valence-electron chi connectivity index (χ3n) is 5.14. The predicted octanol–water partition coefficient (Wildman–Crippen LogP) is 6.04. The highest BCUT2D eigenvalue weighted by atomic mass is 16.5. The normalized spacial score (nSPS) is 11.1. The third-order valence-corrected chi connectivity index (χ3v) is 5.14. The molecule has 0 aromatic heterocycles. The van der Waals surface area contributed by atoms with Gasteiger partial charge in [-0.1, -0.05) is 90.4 Å². The van der Waals surface area contributed by atoms with Crippen LogP contribution in [0.15, 0.2) is 24.3 Å². The average molecular weight is 393 g/mol. The van der Waals surface area contributed by atoms with Crippen molar-refractivity contribution >= 4 is 5.78 Å². The molecule has 1 aromatic carbocycles. The molecule has 2 N–H and O–H groups in total. The molecule has 0 bridgehead atoms. The van der Waals surface area contributed by atoms with Crippen LogP contribution in [-0.4, -0.2) is 28.9 Å². The molecule has 0 aliphatic rings. The van der Waals surface area contributed by atoms with E-state index in [1.807, 2.05) is 0 Å². The fourth-order valence-corrected chi connectivity index (χ4v) is 3.35. The van der Waals surface area contributed by atoms with E-state index in [9.17, 15) is 4.79 Å². The zero-order valence-corrected chi connectivity index (χ0v) is 17.7. The molecule has 1 aromatic rings. The standard InChI is InChI=1S/C24H40O4/c1-2-3-4-5-6-7-8-9-10-11-12-13-14-15-20-28-22-18-16-21(17-19-22)23(25)24(26)27/h16-19,24,26-27H,2-15,20H2,1H3. The van der Waals surface area contributed by atoms with Crippen LogP contribution in [0.2, 0.25) is 0 Å². The predicted molar refractivity (Wildman–Crippen MR) is 115 cm³/mol. The second kappa shape index (κ2) is 16.6. The Bertz CT molecular complexity index is 496. The summed E-state index contributed by atoms with van der Waals surface area (Å²) < 4.78 is 5.67. The molecule has 0 atom stereocenters. The van der Waals surface area contributed by atoms with Gasteiger partial charge >= 0.3 is 0 Å². The van der Waals surface area contributed by atoms with Crippen molar-refractivity contribution in [2.75, 3.05) is 6.61 Å². The second-order valence-corrected chi connectivity index (χ2v) is 7.71. The number of rotatable bonds is 18. The lowest BCUT2D eigenvalue weighted by atomic mass is 10.0. The molecule has 28 heavy (non-hydrogen) atoms. The summed E-state index contributed by atoms with van der Waals surface area (Å²) in [6.45, 7) is 2.94. The molecule has 0 radical (unpaired) electrons. The van der Waals surface area contributed by atoms with Crippen LogP contribution in [0, 0.1) is 0 Å². The molecule has 160 valence electrons. The maximum absolute atomic E-state index is 11.4. The quantitative estimate of drug-likeness (QED) is 0.182. The summed E-state index contributed by atoms with van der Waals surface area (Å²) in [6, 6.07) is 6.50. The Morgan fingerprint density at radius 3 is 1.61 bits per heavy atom. The number of carbonyl (C=O) groups is 1. The monoisotopic (exact) mass is 392 g/mol. The van der Waals surface area contributed by atoms with E-state index >= 15 is 0 Å². The number of Topliss-reactive ketones (excluding diaryl/α,β-unsaturated/α-hetero) is 1. The summed E-state index contributed by atoms with van der Waals surface area (Å²) in [7, 11) is 0. The molecule has 4 heteroatoms. The summed E-state index contributed by atoms with van der Waals surface area (Å²) in [5.41, 5.74) is 0.277. The maximum atomic E-state index is 11.4. The minimum atomic E-state index is -1.96. The fourth-order valence-electron chi connectivity index (χ4n) is 3.35. The van der Waals surface area contributed by atoms with Crippen LogP contribution in [0.5, 0.6) is 5.75 Å². The van der Waals surface area contributed by atoms with Crippen molar-refractivity contribution in [1.82, 2.24) is 0 Å². The summed E-state index contributed by atoms with van der Waals surface area (Å²) in [4.78, 5) is 11.4. The summed E-state index contributed by atoms with van der Waals surface area (Å²) in [6.07, 6.45) is 16.8. The first-order chi connectivity index (χ1) is 13.6. The second-order valence-electron chi connectivity index (χ2n) is 7.71. The molecule has 0 spiro atoms. The van der Waals surface area contributed by atoms with Gasteiger partial charge in [0.1, 0.15) is 5.75 Å². The largest absolute Gasteiger partial charge is 0.494 e. The molecular formula is C24H40O4. The van der Waals surface area contributed by atoms with Crippen LogP contribution in [0.25, 0.3) is 0 Å². The zero-order valence-electron chi connectivity index (χ0n) is 17.7. The van der Waals surface area contributed by atoms with Crippen LogP contribution in [0.4, 0.5) is 0 Å². The highest BCUT2D eigenvalue weighted by molar-refractivity contribution is 5.98. The lowest BCUT2D eigenvalue weighted by Crippen LogP contribution is -2.19. The molecular weight excluding hydrogens is 352 g/mol. The topological polar surface area (TPSA) is 66.8 Å². The molecule has 0 unspecified atom stereocenters. The number of hydrogen-bond donors (Lipinski definition) is 2. The molecule has 0 saturated carbocycles. The zero-order chi connectivity index (χ0) is 20.5. The van der Waals surface area contributed by atoms with Crippen LogP contribution in [0.1, 0.15) is 107 Å². The molecule has 0 amide bonds. The van der Waals surface area contributed by atoms with E-state index in [0.717, 1.165) is 6.42 Å². The van der Waals surface area contributed by atoms with Gasteiger partial charge in [0.15, 0.2) is 0 Å². The molecule has 0 fully saturated rings. The Kier molecular flexibility index (Phi) is 14.6. The number of ketones is 1. The van der Waals surface area contributed by atoms with Gasteiger partial charge in [0, 0.05) is 5.56 Å². The lowest BCUT2D eigenvalue weighted by Gasteiger charge is -2.08. The average Bonchev–Trinajstić information content (AvgIpc) is 2.70. The Morgan fingerprint density at radius 2 is 1.18 bits per heavy atom. The maximum Gasteiger partial charge on any atom is 0.218 e. The smallest absolute Gasteiger partial charge is 0.218 e. The number of aliphatic hydroxyl groups excluding tert-OH is 1. The molecule has 0 heterocycles. The van der Waals surface area contributed by atoms with Crippen molar-refractivity contribution in [3.05, 3.63) is 29.8 Å². The van der Waals surface area contributed by atoms with Gasteiger partial charge in [-0.25, -0.2) is 0 Å². The van der Waals surface area contributed by atoms with Crippen molar-refractivity contribution in [3.8, 4) is 5.75 Å². The van der Waals surface area contributed by atoms with Crippen molar-refractivity contribution in [3.63, 3.8) is 0 Å². The number of ether oxygens (including phenoxy) is 1. The first-order valence-corrected chi connectivity index (χ1v) is 11.3.